The number of hydrogen-bond donors (Lipinski definition) is 0. The van der Waals surface area contributed by atoms with Crippen LogP contribution in [0.4, 0.5) is 0 Å². The maximum atomic E-state index is 4.13. The van der Waals surface area contributed by atoms with Crippen molar-refractivity contribution in [1.29, 1.82) is 0 Å². The molecule has 0 aliphatic rings. The Morgan fingerprint density at radius 3 is 3.15 bits per heavy atom. The average molecular weight is 239 g/mol. The van der Waals surface area contributed by atoms with Crippen LogP contribution in [0.25, 0.3) is 10.9 Å². The lowest BCUT2D eigenvalue weighted by Gasteiger charge is -2.00. The Morgan fingerprint density at radius 1 is 1.54 bits per heavy atom. The molecule has 0 spiro atoms. The summed E-state index contributed by atoms with van der Waals surface area (Å²) in [4.78, 5) is 4.13. The number of halogens is 1. The van der Waals surface area contributed by atoms with Gasteiger partial charge in [-0.05, 0) is 28.4 Å². The number of rotatable bonds is 2. The lowest BCUT2D eigenvalue weighted by Crippen LogP contribution is -1.93. The molecule has 3 heteroatoms. The second kappa shape index (κ2) is 3.50. The first kappa shape index (κ1) is 8.75. The molecule has 0 saturated carbocycles. The van der Waals surface area contributed by atoms with E-state index in [4.69, 9.17) is 0 Å². The van der Waals surface area contributed by atoms with E-state index in [1.54, 1.807) is 0 Å². The van der Waals surface area contributed by atoms with E-state index < -0.39 is 0 Å². The third-order valence-corrected chi connectivity index (χ3v) is 2.73. The van der Waals surface area contributed by atoms with Gasteiger partial charge in [-0.1, -0.05) is 6.92 Å². The van der Waals surface area contributed by atoms with E-state index in [-0.39, 0.29) is 0 Å². The van der Waals surface area contributed by atoms with Gasteiger partial charge < -0.3 is 4.57 Å². The van der Waals surface area contributed by atoms with Crippen molar-refractivity contribution < 1.29 is 0 Å². The van der Waals surface area contributed by atoms with Crippen molar-refractivity contribution in [2.24, 2.45) is 0 Å². The molecule has 0 atom stereocenters. The molecule has 0 aromatic carbocycles. The van der Waals surface area contributed by atoms with E-state index >= 15 is 0 Å². The van der Waals surface area contributed by atoms with E-state index in [1.165, 1.54) is 10.9 Å². The molecule has 2 rings (SSSR count). The number of aromatic nitrogens is 2. The zero-order chi connectivity index (χ0) is 9.26. The van der Waals surface area contributed by atoms with Gasteiger partial charge in [-0.15, -0.1) is 0 Å². The number of hydrogen-bond acceptors (Lipinski definition) is 1. The van der Waals surface area contributed by atoms with Gasteiger partial charge in [0.1, 0.15) is 0 Å². The number of aryl methyl sites for hydroxylation is 1. The van der Waals surface area contributed by atoms with Crippen molar-refractivity contribution in [1.82, 2.24) is 9.55 Å². The SMILES string of the molecule is CCCn1cc(Br)c2ccncc21. The lowest BCUT2D eigenvalue weighted by molar-refractivity contribution is 0.702. The molecule has 13 heavy (non-hydrogen) atoms. The molecule has 2 heterocycles. The molecule has 0 unspecified atom stereocenters. The predicted molar refractivity (Wildman–Crippen MR) is 57.7 cm³/mol. The zero-order valence-electron chi connectivity index (χ0n) is 7.50. The molecule has 0 N–H and O–H groups in total. The van der Waals surface area contributed by atoms with Crippen LogP contribution in [0.2, 0.25) is 0 Å². The fourth-order valence-electron chi connectivity index (χ4n) is 1.52. The molecule has 0 amide bonds. The molecule has 0 bridgehead atoms. The first-order chi connectivity index (χ1) is 6.33. The minimum absolute atomic E-state index is 1.05. The second-order valence-electron chi connectivity index (χ2n) is 3.06. The molecule has 0 aliphatic carbocycles. The molecule has 2 aromatic rings. The lowest BCUT2D eigenvalue weighted by atomic mass is 10.3. The number of nitrogens with zero attached hydrogens (tertiary/aromatic N) is 2. The van der Waals surface area contributed by atoms with Crippen LogP contribution in [-0.2, 0) is 6.54 Å². The van der Waals surface area contributed by atoms with Crippen molar-refractivity contribution >= 4 is 26.8 Å². The van der Waals surface area contributed by atoms with Crippen LogP contribution in [0.15, 0.2) is 29.1 Å². The van der Waals surface area contributed by atoms with Gasteiger partial charge in [0.2, 0.25) is 0 Å². The van der Waals surface area contributed by atoms with Crippen molar-refractivity contribution in [3.8, 4) is 0 Å². The summed E-state index contributed by atoms with van der Waals surface area (Å²) in [7, 11) is 0. The highest BCUT2D eigenvalue weighted by molar-refractivity contribution is 9.10. The minimum atomic E-state index is 1.05. The van der Waals surface area contributed by atoms with Crippen molar-refractivity contribution in [3.63, 3.8) is 0 Å². The van der Waals surface area contributed by atoms with Crippen molar-refractivity contribution in [3.05, 3.63) is 29.1 Å². The van der Waals surface area contributed by atoms with Crippen LogP contribution in [0.3, 0.4) is 0 Å². The summed E-state index contributed by atoms with van der Waals surface area (Å²) in [6.45, 7) is 3.23. The Kier molecular flexibility index (Phi) is 2.36. The highest BCUT2D eigenvalue weighted by Crippen LogP contribution is 2.25. The quantitative estimate of drug-likeness (QED) is 0.786. The maximum Gasteiger partial charge on any atom is 0.0678 e. The topological polar surface area (TPSA) is 17.8 Å². The van der Waals surface area contributed by atoms with Crippen LogP contribution in [0.1, 0.15) is 13.3 Å². The minimum Gasteiger partial charge on any atom is -0.345 e. The molecular formula is C10H11BrN2. The second-order valence-corrected chi connectivity index (χ2v) is 3.92. The highest BCUT2D eigenvalue weighted by atomic mass is 79.9. The molecule has 2 aromatic heterocycles. The van der Waals surface area contributed by atoms with E-state index in [1.807, 2.05) is 18.5 Å². The number of fused-ring (bicyclic) bond motifs is 1. The fourth-order valence-corrected chi connectivity index (χ4v) is 2.10. The van der Waals surface area contributed by atoms with E-state index in [0.717, 1.165) is 17.4 Å². The summed E-state index contributed by atoms with van der Waals surface area (Å²) < 4.78 is 3.38. The van der Waals surface area contributed by atoms with Crippen LogP contribution in [0, 0.1) is 0 Å². The molecule has 0 radical (unpaired) electrons. The van der Waals surface area contributed by atoms with E-state index in [2.05, 4.69) is 38.6 Å². The van der Waals surface area contributed by atoms with Crippen LogP contribution in [0.5, 0.6) is 0 Å². The smallest absolute Gasteiger partial charge is 0.0678 e. The van der Waals surface area contributed by atoms with Gasteiger partial charge in [-0.25, -0.2) is 0 Å². The Morgan fingerprint density at radius 2 is 2.38 bits per heavy atom. The monoisotopic (exact) mass is 238 g/mol. The summed E-state index contributed by atoms with van der Waals surface area (Å²) in [5, 5.41) is 1.24. The Hall–Kier alpha value is -0.830. The molecular weight excluding hydrogens is 228 g/mol. The average Bonchev–Trinajstić information content (AvgIpc) is 2.46. The largest absolute Gasteiger partial charge is 0.345 e. The Balaban J connectivity index is 2.63. The zero-order valence-corrected chi connectivity index (χ0v) is 9.08. The van der Waals surface area contributed by atoms with Crippen LogP contribution < -0.4 is 0 Å². The Labute approximate surface area is 85.7 Å². The predicted octanol–water partition coefficient (Wildman–Crippen LogP) is 3.21. The van der Waals surface area contributed by atoms with Crippen LogP contribution in [-0.4, -0.2) is 9.55 Å². The molecule has 2 nitrogen and oxygen atoms in total. The molecule has 0 aliphatic heterocycles. The fraction of sp³-hybridized carbons (Fsp3) is 0.300. The maximum absolute atomic E-state index is 4.13. The standard InChI is InChI=1S/C10H11BrN2/c1-2-5-13-7-9(11)8-3-4-12-6-10(8)13/h3-4,6-7H,2,5H2,1H3. The van der Waals surface area contributed by atoms with Gasteiger partial charge in [0.15, 0.2) is 0 Å². The summed E-state index contributed by atoms with van der Waals surface area (Å²) in [6, 6.07) is 2.03. The van der Waals surface area contributed by atoms with E-state index in [9.17, 15) is 0 Å². The molecule has 0 saturated heterocycles. The molecule has 0 fully saturated rings. The van der Waals surface area contributed by atoms with E-state index in [0.29, 0.717) is 0 Å². The van der Waals surface area contributed by atoms with Gasteiger partial charge in [-0.2, -0.15) is 0 Å². The van der Waals surface area contributed by atoms with Gasteiger partial charge >= 0.3 is 0 Å². The first-order valence-electron chi connectivity index (χ1n) is 4.41. The number of pyridine rings is 1. The third-order valence-electron chi connectivity index (χ3n) is 2.10. The van der Waals surface area contributed by atoms with Gasteiger partial charge in [0.25, 0.3) is 0 Å². The summed E-state index contributed by atoms with van der Waals surface area (Å²) in [6.07, 6.45) is 7.00. The normalized spacial score (nSPS) is 10.9. The molecule has 68 valence electrons. The van der Waals surface area contributed by atoms with Crippen LogP contribution >= 0.6 is 15.9 Å². The van der Waals surface area contributed by atoms with Gasteiger partial charge in [0, 0.05) is 28.8 Å². The van der Waals surface area contributed by atoms with Crippen molar-refractivity contribution in [2.45, 2.75) is 19.9 Å². The summed E-state index contributed by atoms with van der Waals surface area (Å²) >= 11 is 3.54. The van der Waals surface area contributed by atoms with Gasteiger partial charge in [-0.3, -0.25) is 4.98 Å². The summed E-state index contributed by atoms with van der Waals surface area (Å²) in [5.41, 5.74) is 1.20. The first-order valence-corrected chi connectivity index (χ1v) is 5.20. The highest BCUT2D eigenvalue weighted by Gasteiger charge is 2.04. The summed E-state index contributed by atoms with van der Waals surface area (Å²) in [5.74, 6) is 0. The van der Waals surface area contributed by atoms with Gasteiger partial charge in [0.05, 0.1) is 11.7 Å². The van der Waals surface area contributed by atoms with Crippen molar-refractivity contribution in [2.75, 3.05) is 0 Å². The third kappa shape index (κ3) is 1.48. The Bertz CT molecular complexity index is 420.